The molecule has 2 aromatic rings. The number of ether oxygens (including phenoxy) is 2. The van der Waals surface area contributed by atoms with E-state index >= 15 is 0 Å². The zero-order chi connectivity index (χ0) is 16.3. The molecule has 0 amide bonds. The van der Waals surface area contributed by atoms with Crippen LogP contribution in [0.2, 0.25) is 0 Å². The number of fused-ring (bicyclic) bond motifs is 5. The first-order chi connectivity index (χ1) is 11.0. The van der Waals surface area contributed by atoms with Crippen LogP contribution in [0.4, 0.5) is 0 Å². The fourth-order valence-corrected chi connectivity index (χ4v) is 3.70. The summed E-state index contributed by atoms with van der Waals surface area (Å²) in [5.41, 5.74) is 2.09. The van der Waals surface area contributed by atoms with Crippen LogP contribution in [0.1, 0.15) is 28.7 Å². The first kappa shape index (κ1) is 14.1. The molecule has 3 heterocycles. The van der Waals surface area contributed by atoms with Crippen LogP contribution in [0.15, 0.2) is 27.8 Å². The van der Waals surface area contributed by atoms with Crippen LogP contribution < -0.4 is 20.7 Å². The Bertz CT molecular complexity index is 925. The SMILES string of the molecule is Cc1cccc2c1OC[C@H]1c3c(c(=O)n(C)c(=O)n3C)OC[C@@H]21. The van der Waals surface area contributed by atoms with E-state index in [1.165, 1.54) is 11.6 Å². The van der Waals surface area contributed by atoms with Crippen molar-refractivity contribution < 1.29 is 9.47 Å². The lowest BCUT2D eigenvalue weighted by Crippen LogP contribution is -2.45. The lowest BCUT2D eigenvalue weighted by Gasteiger charge is -2.38. The number of aromatic nitrogens is 2. The van der Waals surface area contributed by atoms with Gasteiger partial charge in [0.1, 0.15) is 5.75 Å². The van der Waals surface area contributed by atoms with Crippen LogP contribution in [-0.2, 0) is 14.1 Å². The Kier molecular flexibility index (Phi) is 2.91. The van der Waals surface area contributed by atoms with Gasteiger partial charge in [-0.05, 0) is 12.5 Å². The van der Waals surface area contributed by atoms with E-state index in [0.717, 1.165) is 21.4 Å². The average molecular weight is 314 g/mol. The van der Waals surface area contributed by atoms with Crippen molar-refractivity contribution in [3.63, 3.8) is 0 Å². The summed E-state index contributed by atoms with van der Waals surface area (Å²) in [4.78, 5) is 24.6. The Hall–Kier alpha value is -2.50. The molecular weight excluding hydrogens is 296 g/mol. The third-order valence-electron chi connectivity index (χ3n) is 4.96. The average Bonchev–Trinajstić information content (AvgIpc) is 2.57. The van der Waals surface area contributed by atoms with Gasteiger partial charge in [0.15, 0.2) is 0 Å². The van der Waals surface area contributed by atoms with Crippen molar-refractivity contribution in [2.24, 2.45) is 14.1 Å². The van der Waals surface area contributed by atoms with Crippen molar-refractivity contribution in [3.8, 4) is 11.5 Å². The fourth-order valence-electron chi connectivity index (χ4n) is 3.70. The Morgan fingerprint density at radius 3 is 2.48 bits per heavy atom. The van der Waals surface area contributed by atoms with Crippen molar-refractivity contribution in [1.82, 2.24) is 9.13 Å². The molecule has 0 N–H and O–H groups in total. The van der Waals surface area contributed by atoms with Gasteiger partial charge in [-0.25, -0.2) is 4.79 Å². The molecule has 2 aliphatic rings. The van der Waals surface area contributed by atoms with Crippen molar-refractivity contribution in [2.45, 2.75) is 18.8 Å². The smallest absolute Gasteiger partial charge is 0.330 e. The fraction of sp³-hybridized carbons (Fsp3) is 0.412. The summed E-state index contributed by atoms with van der Waals surface area (Å²) < 4.78 is 14.4. The van der Waals surface area contributed by atoms with Crippen molar-refractivity contribution >= 4 is 0 Å². The van der Waals surface area contributed by atoms with Crippen LogP contribution in [0.25, 0.3) is 0 Å². The minimum Gasteiger partial charge on any atom is -0.492 e. The van der Waals surface area contributed by atoms with Crippen LogP contribution >= 0.6 is 0 Å². The highest BCUT2D eigenvalue weighted by Gasteiger charge is 2.41. The van der Waals surface area contributed by atoms with Gasteiger partial charge in [0.25, 0.3) is 5.56 Å². The Labute approximate surface area is 132 Å². The van der Waals surface area contributed by atoms with Gasteiger partial charge >= 0.3 is 5.69 Å². The molecule has 6 nitrogen and oxygen atoms in total. The van der Waals surface area contributed by atoms with Gasteiger partial charge < -0.3 is 9.47 Å². The third kappa shape index (κ3) is 1.81. The molecular formula is C17H18N2O4. The summed E-state index contributed by atoms with van der Waals surface area (Å²) in [5, 5.41) is 0. The summed E-state index contributed by atoms with van der Waals surface area (Å²) in [6.45, 7) is 2.88. The van der Waals surface area contributed by atoms with Crippen molar-refractivity contribution in [3.05, 3.63) is 55.9 Å². The summed E-state index contributed by atoms with van der Waals surface area (Å²) in [6, 6.07) is 6.05. The molecule has 1 aromatic carbocycles. The zero-order valence-electron chi connectivity index (χ0n) is 13.3. The number of para-hydroxylation sites is 1. The minimum atomic E-state index is -0.378. The van der Waals surface area contributed by atoms with E-state index in [1.54, 1.807) is 7.05 Å². The second-order valence-electron chi connectivity index (χ2n) is 6.25. The molecule has 0 unspecified atom stereocenters. The van der Waals surface area contributed by atoms with Gasteiger partial charge in [-0.1, -0.05) is 18.2 Å². The van der Waals surface area contributed by atoms with E-state index in [9.17, 15) is 9.59 Å². The molecule has 0 aliphatic carbocycles. The summed E-state index contributed by atoms with van der Waals surface area (Å²) in [5.74, 6) is 1.20. The van der Waals surface area contributed by atoms with E-state index in [-0.39, 0.29) is 28.8 Å². The number of hydrogen-bond donors (Lipinski definition) is 0. The highest BCUT2D eigenvalue weighted by molar-refractivity contribution is 5.48. The number of aryl methyl sites for hydroxylation is 1. The molecule has 0 fully saturated rings. The van der Waals surface area contributed by atoms with E-state index in [2.05, 4.69) is 0 Å². The topological polar surface area (TPSA) is 62.5 Å². The predicted molar refractivity (Wildman–Crippen MR) is 84.6 cm³/mol. The van der Waals surface area contributed by atoms with E-state index in [0.29, 0.717) is 18.9 Å². The highest BCUT2D eigenvalue weighted by atomic mass is 16.5. The summed E-state index contributed by atoms with van der Waals surface area (Å²) in [6.07, 6.45) is 0. The lowest BCUT2D eigenvalue weighted by atomic mass is 9.80. The van der Waals surface area contributed by atoms with Gasteiger partial charge in [0.2, 0.25) is 5.75 Å². The molecule has 2 aliphatic heterocycles. The van der Waals surface area contributed by atoms with Crippen molar-refractivity contribution in [2.75, 3.05) is 13.2 Å². The quantitative estimate of drug-likeness (QED) is 0.729. The molecule has 0 bridgehead atoms. The van der Waals surface area contributed by atoms with Gasteiger partial charge in [-0.2, -0.15) is 0 Å². The highest BCUT2D eigenvalue weighted by Crippen LogP contribution is 2.47. The Morgan fingerprint density at radius 1 is 1.00 bits per heavy atom. The minimum absolute atomic E-state index is 0.0559. The molecule has 0 saturated carbocycles. The second-order valence-corrected chi connectivity index (χ2v) is 6.25. The van der Waals surface area contributed by atoms with Gasteiger partial charge in [-0.15, -0.1) is 0 Å². The monoisotopic (exact) mass is 314 g/mol. The van der Waals surface area contributed by atoms with Crippen LogP contribution in [0, 0.1) is 6.92 Å². The number of rotatable bonds is 0. The van der Waals surface area contributed by atoms with Crippen LogP contribution in [0.5, 0.6) is 11.5 Å². The molecule has 120 valence electrons. The summed E-state index contributed by atoms with van der Waals surface area (Å²) in [7, 11) is 3.15. The normalized spacial score (nSPS) is 21.5. The first-order valence-electron chi connectivity index (χ1n) is 7.65. The molecule has 4 rings (SSSR count). The standard InChI is InChI=1S/C17H18N2O4/c1-9-5-4-6-10-11-7-23-15-13(12(11)8-22-14(9)10)18(2)17(21)19(3)16(15)20/h4-6,11-12H,7-8H2,1-3H3/t11-,12+/m0/s1. The molecule has 6 heteroatoms. The molecule has 2 atom stereocenters. The Balaban J connectivity index is 1.94. The maximum Gasteiger partial charge on any atom is 0.330 e. The van der Waals surface area contributed by atoms with Gasteiger partial charge in [0.05, 0.1) is 18.9 Å². The van der Waals surface area contributed by atoms with Crippen molar-refractivity contribution in [1.29, 1.82) is 0 Å². The maximum atomic E-state index is 12.3. The van der Waals surface area contributed by atoms with Crippen LogP contribution in [0.3, 0.4) is 0 Å². The van der Waals surface area contributed by atoms with E-state index in [1.807, 2.05) is 25.1 Å². The molecule has 0 radical (unpaired) electrons. The lowest BCUT2D eigenvalue weighted by molar-refractivity contribution is 0.157. The van der Waals surface area contributed by atoms with Crippen LogP contribution in [-0.4, -0.2) is 22.3 Å². The molecule has 0 saturated heterocycles. The number of hydrogen-bond acceptors (Lipinski definition) is 4. The maximum absolute atomic E-state index is 12.3. The number of nitrogens with zero attached hydrogens (tertiary/aromatic N) is 2. The van der Waals surface area contributed by atoms with Gasteiger partial charge in [0, 0.05) is 31.5 Å². The number of benzene rings is 1. The second kappa shape index (κ2) is 4.75. The summed E-state index contributed by atoms with van der Waals surface area (Å²) >= 11 is 0. The first-order valence-corrected chi connectivity index (χ1v) is 7.65. The zero-order valence-corrected chi connectivity index (χ0v) is 13.3. The molecule has 1 aromatic heterocycles. The third-order valence-corrected chi connectivity index (χ3v) is 4.96. The van der Waals surface area contributed by atoms with Gasteiger partial charge in [-0.3, -0.25) is 13.9 Å². The Morgan fingerprint density at radius 2 is 1.70 bits per heavy atom. The molecule has 23 heavy (non-hydrogen) atoms. The predicted octanol–water partition coefficient (Wildman–Crippen LogP) is 1.04. The molecule has 0 spiro atoms. The van der Waals surface area contributed by atoms with E-state index < -0.39 is 0 Å². The van der Waals surface area contributed by atoms with E-state index in [4.69, 9.17) is 9.47 Å². The largest absolute Gasteiger partial charge is 0.492 e.